The summed E-state index contributed by atoms with van der Waals surface area (Å²) in [6.07, 6.45) is 0.358. The number of nitrogens with one attached hydrogen (secondary N) is 2. The normalized spacial score (nSPS) is 11.2. The molecule has 0 heterocycles. The molecule has 0 aliphatic carbocycles. The van der Waals surface area contributed by atoms with Gasteiger partial charge < -0.3 is 15.7 Å². The van der Waals surface area contributed by atoms with Crippen molar-refractivity contribution in [3.05, 3.63) is 28.2 Å². The Balaban J connectivity index is 2.47. The monoisotopic (exact) mass is 339 g/mol. The molecule has 1 aromatic rings. The Morgan fingerprint density at radius 1 is 1.50 bits per heavy atom. The Kier molecular flexibility index (Phi) is 6.00. The molecule has 0 radical (unpaired) electrons. The van der Waals surface area contributed by atoms with Crippen molar-refractivity contribution in [2.45, 2.75) is 13.3 Å². The minimum atomic E-state index is -0.887. The van der Waals surface area contributed by atoms with Gasteiger partial charge >= 0.3 is 12.0 Å². The standard InChI is InChI=1S/C13H14BrN3O3/c1-8(12(18)19)4-5-16-13(20)17-11-3-2-9(7-15)6-10(11)14/h2-3,6,8H,4-5H2,1H3,(H,18,19)(H2,16,17,20). The molecule has 0 spiro atoms. The van der Waals surface area contributed by atoms with E-state index in [1.54, 1.807) is 25.1 Å². The van der Waals surface area contributed by atoms with Gasteiger partial charge in [0.05, 0.1) is 23.2 Å². The average Bonchev–Trinajstić information content (AvgIpc) is 2.40. The Bertz CT molecular complexity index is 554. The number of carboxylic acids is 1. The number of halogens is 1. The van der Waals surface area contributed by atoms with Crippen molar-refractivity contribution >= 4 is 33.6 Å². The third-order valence-corrected chi connectivity index (χ3v) is 3.29. The number of carbonyl (C=O) groups excluding carboxylic acids is 1. The number of hydrogen-bond acceptors (Lipinski definition) is 3. The van der Waals surface area contributed by atoms with E-state index in [4.69, 9.17) is 10.4 Å². The van der Waals surface area contributed by atoms with E-state index in [9.17, 15) is 9.59 Å². The van der Waals surface area contributed by atoms with Crippen LogP contribution in [-0.2, 0) is 4.79 Å². The van der Waals surface area contributed by atoms with E-state index >= 15 is 0 Å². The van der Waals surface area contributed by atoms with Gasteiger partial charge in [0.2, 0.25) is 0 Å². The first-order valence-corrected chi connectivity index (χ1v) is 6.70. The van der Waals surface area contributed by atoms with Gasteiger partial charge in [-0.05, 0) is 40.5 Å². The largest absolute Gasteiger partial charge is 0.481 e. The lowest BCUT2D eigenvalue weighted by molar-refractivity contribution is -0.141. The maximum atomic E-state index is 11.6. The zero-order valence-corrected chi connectivity index (χ0v) is 12.4. The SMILES string of the molecule is CC(CCNC(=O)Nc1ccc(C#N)cc1Br)C(=O)O. The number of hydrogen-bond donors (Lipinski definition) is 3. The highest BCUT2D eigenvalue weighted by Gasteiger charge is 2.11. The molecule has 7 heteroatoms. The minimum Gasteiger partial charge on any atom is -0.481 e. The number of rotatable bonds is 5. The molecule has 0 aliphatic rings. The van der Waals surface area contributed by atoms with Crippen LogP contribution in [0.2, 0.25) is 0 Å². The summed E-state index contributed by atoms with van der Waals surface area (Å²) in [5.41, 5.74) is 1.02. The fraction of sp³-hybridized carbons (Fsp3) is 0.308. The van der Waals surface area contributed by atoms with Gasteiger partial charge in [-0.1, -0.05) is 6.92 Å². The third kappa shape index (κ3) is 4.90. The van der Waals surface area contributed by atoms with Crippen LogP contribution in [0, 0.1) is 17.2 Å². The van der Waals surface area contributed by atoms with Crippen LogP contribution in [0.4, 0.5) is 10.5 Å². The van der Waals surface area contributed by atoms with Crippen LogP contribution in [0.3, 0.4) is 0 Å². The molecule has 0 bridgehead atoms. The Morgan fingerprint density at radius 3 is 2.75 bits per heavy atom. The van der Waals surface area contributed by atoms with E-state index in [1.807, 2.05) is 6.07 Å². The van der Waals surface area contributed by atoms with Crippen molar-refractivity contribution in [2.24, 2.45) is 5.92 Å². The Hall–Kier alpha value is -2.07. The van der Waals surface area contributed by atoms with Crippen molar-refractivity contribution in [3.63, 3.8) is 0 Å². The second-order valence-electron chi connectivity index (χ2n) is 4.22. The second kappa shape index (κ2) is 7.50. The molecule has 1 unspecified atom stereocenters. The smallest absolute Gasteiger partial charge is 0.319 e. The van der Waals surface area contributed by atoms with Gasteiger partial charge in [-0.15, -0.1) is 0 Å². The number of amides is 2. The molecule has 0 saturated carbocycles. The molecule has 1 atom stereocenters. The number of nitriles is 1. The first kappa shape index (κ1) is 16.0. The van der Waals surface area contributed by atoms with Crippen molar-refractivity contribution in [1.82, 2.24) is 5.32 Å². The topological polar surface area (TPSA) is 102 Å². The van der Waals surface area contributed by atoms with Gasteiger partial charge in [-0.3, -0.25) is 4.79 Å². The lowest BCUT2D eigenvalue weighted by Gasteiger charge is -2.10. The fourth-order valence-corrected chi connectivity index (χ4v) is 1.86. The van der Waals surface area contributed by atoms with E-state index in [-0.39, 0.29) is 6.54 Å². The van der Waals surface area contributed by atoms with Gasteiger partial charge in [-0.2, -0.15) is 5.26 Å². The lowest BCUT2D eigenvalue weighted by Crippen LogP contribution is -2.31. The molecule has 6 nitrogen and oxygen atoms in total. The van der Waals surface area contributed by atoms with Crippen LogP contribution in [0.15, 0.2) is 22.7 Å². The third-order valence-electron chi connectivity index (χ3n) is 2.63. The number of carbonyl (C=O) groups is 2. The molecule has 20 heavy (non-hydrogen) atoms. The first-order chi connectivity index (χ1) is 9.43. The lowest BCUT2D eigenvalue weighted by atomic mass is 10.1. The molecule has 0 aromatic heterocycles. The number of anilines is 1. The molecule has 0 aliphatic heterocycles. The molecule has 0 fully saturated rings. The predicted molar refractivity (Wildman–Crippen MR) is 77.3 cm³/mol. The van der Waals surface area contributed by atoms with E-state index in [2.05, 4.69) is 26.6 Å². The van der Waals surface area contributed by atoms with E-state index in [0.717, 1.165) is 0 Å². The second-order valence-corrected chi connectivity index (χ2v) is 5.07. The zero-order valence-electron chi connectivity index (χ0n) is 10.8. The summed E-state index contributed by atoms with van der Waals surface area (Å²) in [4.78, 5) is 22.2. The maximum absolute atomic E-state index is 11.6. The zero-order chi connectivity index (χ0) is 15.1. The summed E-state index contributed by atoms with van der Waals surface area (Å²) < 4.78 is 0.602. The first-order valence-electron chi connectivity index (χ1n) is 5.91. The molecule has 1 aromatic carbocycles. The van der Waals surface area contributed by atoms with Gasteiger partial charge in [0, 0.05) is 11.0 Å². The Labute approximate surface area is 124 Å². The van der Waals surface area contributed by atoms with Crippen molar-refractivity contribution in [2.75, 3.05) is 11.9 Å². The highest BCUT2D eigenvalue weighted by atomic mass is 79.9. The maximum Gasteiger partial charge on any atom is 0.319 e. The van der Waals surface area contributed by atoms with Gasteiger partial charge in [0.25, 0.3) is 0 Å². The number of benzene rings is 1. The Morgan fingerprint density at radius 2 is 2.20 bits per heavy atom. The van der Waals surface area contributed by atoms with Gasteiger partial charge in [-0.25, -0.2) is 4.79 Å². The van der Waals surface area contributed by atoms with Crippen LogP contribution in [-0.4, -0.2) is 23.7 Å². The molecular weight excluding hydrogens is 326 g/mol. The summed E-state index contributed by atoms with van der Waals surface area (Å²) in [5, 5.41) is 22.6. The van der Waals surface area contributed by atoms with Crippen LogP contribution >= 0.6 is 15.9 Å². The summed E-state index contributed by atoms with van der Waals surface area (Å²) >= 11 is 3.26. The number of carboxylic acid groups (broad SMARTS) is 1. The highest BCUT2D eigenvalue weighted by molar-refractivity contribution is 9.10. The van der Waals surface area contributed by atoms with Gasteiger partial charge in [0.1, 0.15) is 0 Å². The summed E-state index contributed by atoms with van der Waals surface area (Å²) in [7, 11) is 0. The fourth-order valence-electron chi connectivity index (χ4n) is 1.38. The van der Waals surface area contributed by atoms with Crippen molar-refractivity contribution < 1.29 is 14.7 Å². The summed E-state index contributed by atoms with van der Waals surface area (Å²) in [6, 6.07) is 6.37. The minimum absolute atomic E-state index is 0.271. The van der Waals surface area contributed by atoms with Crippen LogP contribution in [0.1, 0.15) is 18.9 Å². The number of aliphatic carboxylic acids is 1. The molecular formula is C13H14BrN3O3. The molecule has 106 valence electrons. The van der Waals surface area contributed by atoms with Crippen LogP contribution in [0.25, 0.3) is 0 Å². The molecule has 1 rings (SSSR count). The van der Waals surface area contributed by atoms with Gasteiger partial charge in [0.15, 0.2) is 0 Å². The predicted octanol–water partition coefficient (Wildman–Crippen LogP) is 2.55. The average molecular weight is 340 g/mol. The van der Waals surface area contributed by atoms with E-state index < -0.39 is 17.9 Å². The summed E-state index contributed by atoms with van der Waals surface area (Å²) in [5.74, 6) is -1.39. The van der Waals surface area contributed by atoms with Crippen molar-refractivity contribution in [1.29, 1.82) is 5.26 Å². The number of nitrogens with zero attached hydrogens (tertiary/aromatic N) is 1. The van der Waals surface area contributed by atoms with Crippen LogP contribution in [0.5, 0.6) is 0 Å². The molecule has 0 saturated heterocycles. The van der Waals surface area contributed by atoms with Crippen LogP contribution < -0.4 is 10.6 Å². The van der Waals surface area contributed by atoms with Crippen molar-refractivity contribution in [3.8, 4) is 6.07 Å². The van der Waals surface area contributed by atoms with E-state index in [1.165, 1.54) is 0 Å². The van der Waals surface area contributed by atoms with E-state index in [0.29, 0.717) is 22.1 Å². The quantitative estimate of drug-likeness (QED) is 0.766. The molecule has 3 N–H and O–H groups in total. The number of urea groups is 1. The molecule has 2 amide bonds. The summed E-state index contributed by atoms with van der Waals surface area (Å²) in [6.45, 7) is 1.85. The highest BCUT2D eigenvalue weighted by Crippen LogP contribution is 2.23.